The summed E-state index contributed by atoms with van der Waals surface area (Å²) in [6.45, 7) is 5.55. The van der Waals surface area contributed by atoms with Gasteiger partial charge in [-0.05, 0) is 48.8 Å². The summed E-state index contributed by atoms with van der Waals surface area (Å²) in [6, 6.07) is 17.1. The van der Waals surface area contributed by atoms with Crippen LogP contribution in [-0.4, -0.2) is 10.3 Å². The van der Waals surface area contributed by atoms with Crippen LogP contribution in [0.2, 0.25) is 0 Å². The second kappa shape index (κ2) is 6.93. The fraction of sp³-hybridized carbons (Fsp3) is 0.261. The van der Waals surface area contributed by atoms with Crippen LogP contribution in [0.5, 0.6) is 0 Å². The van der Waals surface area contributed by atoms with Crippen molar-refractivity contribution in [2.45, 2.75) is 38.2 Å². The maximum Gasteiger partial charge on any atom is 0.172 e. The van der Waals surface area contributed by atoms with Crippen molar-refractivity contribution in [1.29, 1.82) is 0 Å². The summed E-state index contributed by atoms with van der Waals surface area (Å²) in [5, 5.41) is 14.4. The number of aromatic nitrogens is 1. The van der Waals surface area contributed by atoms with Crippen LogP contribution in [0.15, 0.2) is 65.7 Å². The molecule has 1 aliphatic carbocycles. The Morgan fingerprint density at radius 3 is 2.23 bits per heavy atom. The first kappa shape index (κ1) is 16.8. The van der Waals surface area contributed by atoms with Crippen LogP contribution in [0.4, 0.5) is 0 Å². The highest BCUT2D eigenvalue weighted by Crippen LogP contribution is 2.40. The van der Waals surface area contributed by atoms with Gasteiger partial charge < -0.3 is 9.63 Å². The molecule has 1 aliphatic rings. The van der Waals surface area contributed by atoms with Crippen molar-refractivity contribution in [3.05, 3.63) is 78.0 Å². The molecule has 4 rings (SSSR count). The van der Waals surface area contributed by atoms with Gasteiger partial charge in [-0.3, -0.25) is 0 Å². The van der Waals surface area contributed by atoms with Crippen molar-refractivity contribution in [3.63, 3.8) is 0 Å². The van der Waals surface area contributed by atoms with Gasteiger partial charge in [0.2, 0.25) is 0 Å². The average Bonchev–Trinajstić information content (AvgIpc) is 3.44. The lowest BCUT2D eigenvalue weighted by atomic mass is 9.97. The Labute approximate surface area is 154 Å². The largest absolute Gasteiger partial charge is 0.388 e. The van der Waals surface area contributed by atoms with E-state index < -0.39 is 6.10 Å². The molecule has 1 unspecified atom stereocenters. The molecule has 3 aromatic rings. The van der Waals surface area contributed by atoms with Gasteiger partial charge in [0.15, 0.2) is 5.76 Å². The Hall–Kier alpha value is -2.65. The maximum absolute atomic E-state index is 10.4. The van der Waals surface area contributed by atoms with Crippen LogP contribution in [-0.2, 0) is 0 Å². The van der Waals surface area contributed by atoms with Crippen LogP contribution in [0.3, 0.4) is 0 Å². The molecule has 1 fully saturated rings. The normalized spacial score (nSPS) is 15.0. The Kier molecular flexibility index (Phi) is 4.48. The summed E-state index contributed by atoms with van der Waals surface area (Å²) >= 11 is 0. The molecule has 26 heavy (non-hydrogen) atoms. The molecule has 0 amide bonds. The fourth-order valence-electron chi connectivity index (χ4n) is 3.43. The first-order valence-electron chi connectivity index (χ1n) is 9.13. The van der Waals surface area contributed by atoms with E-state index in [0.717, 1.165) is 17.0 Å². The van der Waals surface area contributed by atoms with Gasteiger partial charge in [-0.15, -0.1) is 6.58 Å². The van der Waals surface area contributed by atoms with Gasteiger partial charge in [0.05, 0.1) is 17.4 Å². The number of hydrogen-bond acceptors (Lipinski definition) is 3. The molecule has 0 radical (unpaired) electrons. The second-order valence-corrected chi connectivity index (χ2v) is 7.02. The lowest BCUT2D eigenvalue weighted by molar-refractivity contribution is 0.181. The molecule has 3 nitrogen and oxygen atoms in total. The minimum atomic E-state index is -0.650. The first-order valence-corrected chi connectivity index (χ1v) is 9.13. The fourth-order valence-corrected chi connectivity index (χ4v) is 3.43. The summed E-state index contributed by atoms with van der Waals surface area (Å²) in [7, 11) is 0. The van der Waals surface area contributed by atoms with E-state index in [1.807, 2.05) is 19.1 Å². The molecule has 1 atom stereocenters. The zero-order chi connectivity index (χ0) is 18.1. The molecule has 0 bridgehead atoms. The van der Waals surface area contributed by atoms with Crippen molar-refractivity contribution in [1.82, 2.24) is 5.16 Å². The molecule has 1 N–H and O–H groups in total. The Morgan fingerprint density at radius 1 is 1.08 bits per heavy atom. The van der Waals surface area contributed by atoms with Crippen LogP contribution in [0, 0.1) is 6.92 Å². The van der Waals surface area contributed by atoms with Crippen LogP contribution >= 0.6 is 0 Å². The molecular weight excluding hydrogens is 322 g/mol. The van der Waals surface area contributed by atoms with Crippen LogP contribution < -0.4 is 0 Å². The monoisotopic (exact) mass is 345 g/mol. The molecule has 0 saturated heterocycles. The van der Waals surface area contributed by atoms with Gasteiger partial charge in [-0.25, -0.2) is 0 Å². The number of nitrogens with zero attached hydrogens (tertiary/aromatic N) is 1. The first-order chi connectivity index (χ1) is 12.7. The number of benzene rings is 2. The van der Waals surface area contributed by atoms with Crippen molar-refractivity contribution in [2.75, 3.05) is 0 Å². The highest BCUT2D eigenvalue weighted by molar-refractivity contribution is 5.70. The molecule has 1 saturated carbocycles. The van der Waals surface area contributed by atoms with Crippen molar-refractivity contribution >= 4 is 0 Å². The molecule has 132 valence electrons. The summed E-state index contributed by atoms with van der Waals surface area (Å²) in [5.41, 5.74) is 6.20. The third kappa shape index (κ3) is 3.23. The number of aliphatic hydroxyl groups excluding tert-OH is 1. The van der Waals surface area contributed by atoms with E-state index in [-0.39, 0.29) is 0 Å². The summed E-state index contributed by atoms with van der Waals surface area (Å²) < 4.78 is 5.50. The van der Waals surface area contributed by atoms with Crippen molar-refractivity contribution < 1.29 is 9.63 Å². The van der Waals surface area contributed by atoms with E-state index in [0.29, 0.717) is 17.9 Å². The third-order valence-corrected chi connectivity index (χ3v) is 5.07. The standard InChI is InChI=1S/C23H23NO2/c1-3-4-21(25)22-15(2)24-26-23(22)20-13-11-19(12-14-20)18-9-7-17(8-10-18)16-5-6-16/h3,7-14,16,21,25H,1,4-6H2,2H3. The zero-order valence-electron chi connectivity index (χ0n) is 15.0. The van der Waals surface area contributed by atoms with E-state index in [9.17, 15) is 5.11 Å². The smallest absolute Gasteiger partial charge is 0.172 e. The molecular formula is C23H23NO2. The minimum absolute atomic E-state index is 0.473. The van der Waals surface area contributed by atoms with Gasteiger partial charge >= 0.3 is 0 Å². The number of rotatable bonds is 6. The van der Waals surface area contributed by atoms with E-state index in [4.69, 9.17) is 4.52 Å². The Balaban J connectivity index is 1.61. The third-order valence-electron chi connectivity index (χ3n) is 5.07. The maximum atomic E-state index is 10.4. The molecule has 1 aromatic heterocycles. The second-order valence-electron chi connectivity index (χ2n) is 7.02. The molecule has 3 heteroatoms. The molecule has 0 spiro atoms. The van der Waals surface area contributed by atoms with Crippen molar-refractivity contribution in [2.24, 2.45) is 0 Å². The lowest BCUT2D eigenvalue weighted by Gasteiger charge is -2.09. The SMILES string of the molecule is C=CCC(O)c1c(C)noc1-c1ccc(-c2ccc(C3CC3)cc2)cc1. The van der Waals surface area contributed by atoms with Gasteiger partial charge in [0, 0.05) is 5.56 Å². The van der Waals surface area contributed by atoms with Gasteiger partial charge in [-0.1, -0.05) is 59.8 Å². The predicted molar refractivity (Wildman–Crippen MR) is 104 cm³/mol. The Morgan fingerprint density at radius 2 is 1.65 bits per heavy atom. The summed E-state index contributed by atoms with van der Waals surface area (Å²) in [5.74, 6) is 1.41. The van der Waals surface area contributed by atoms with E-state index in [1.165, 1.54) is 29.5 Å². The summed E-state index contributed by atoms with van der Waals surface area (Å²) in [4.78, 5) is 0. The van der Waals surface area contributed by atoms with Crippen LogP contribution in [0.1, 0.15) is 48.1 Å². The number of hydrogen-bond donors (Lipinski definition) is 1. The topological polar surface area (TPSA) is 46.3 Å². The zero-order valence-corrected chi connectivity index (χ0v) is 15.0. The van der Waals surface area contributed by atoms with Gasteiger partial charge in [0.25, 0.3) is 0 Å². The van der Waals surface area contributed by atoms with Crippen LogP contribution in [0.25, 0.3) is 22.5 Å². The minimum Gasteiger partial charge on any atom is -0.388 e. The predicted octanol–water partition coefficient (Wildman–Crippen LogP) is 5.80. The quantitative estimate of drug-likeness (QED) is 0.574. The van der Waals surface area contributed by atoms with E-state index in [1.54, 1.807) is 6.08 Å². The number of aliphatic hydroxyl groups is 1. The molecule has 2 aromatic carbocycles. The van der Waals surface area contributed by atoms with E-state index >= 15 is 0 Å². The van der Waals surface area contributed by atoms with Gasteiger partial charge in [0.1, 0.15) is 0 Å². The van der Waals surface area contributed by atoms with E-state index in [2.05, 4.69) is 48.1 Å². The molecule has 0 aliphatic heterocycles. The van der Waals surface area contributed by atoms with Gasteiger partial charge in [-0.2, -0.15) is 0 Å². The number of aryl methyl sites for hydroxylation is 1. The van der Waals surface area contributed by atoms with Crippen molar-refractivity contribution in [3.8, 4) is 22.5 Å². The highest BCUT2D eigenvalue weighted by Gasteiger charge is 2.23. The molecule has 1 heterocycles. The average molecular weight is 345 g/mol. The lowest BCUT2D eigenvalue weighted by Crippen LogP contribution is -1.98. The summed E-state index contributed by atoms with van der Waals surface area (Å²) in [6.07, 6.45) is 4.17. The Bertz CT molecular complexity index is 902. The highest BCUT2D eigenvalue weighted by atomic mass is 16.5.